The molecule has 0 radical (unpaired) electrons. The molecule has 100 valence electrons. The Kier molecular flexibility index (Phi) is 3.51. The van der Waals surface area contributed by atoms with Crippen LogP contribution in [0.15, 0.2) is 41.1 Å². The molecule has 1 aliphatic carbocycles. The molecule has 0 saturated heterocycles. The average Bonchev–Trinajstić information content (AvgIpc) is 2.91. The Balaban J connectivity index is 1.46. The largest absolute Gasteiger partial charge is 0.497 e. The summed E-state index contributed by atoms with van der Waals surface area (Å²) in [5.41, 5.74) is 1.40. The zero-order chi connectivity index (χ0) is 13.1. The van der Waals surface area contributed by atoms with E-state index >= 15 is 0 Å². The van der Waals surface area contributed by atoms with Crippen LogP contribution in [-0.4, -0.2) is 18.3 Å². The smallest absolute Gasteiger partial charge is 0.150 e. The maximum absolute atomic E-state index is 5.17. The van der Waals surface area contributed by atoms with Gasteiger partial charge >= 0.3 is 0 Å². The predicted octanol–water partition coefficient (Wildman–Crippen LogP) is 2.72. The first-order chi connectivity index (χ1) is 9.35. The highest BCUT2D eigenvalue weighted by atomic mass is 16.5. The number of nitrogens with zero attached hydrogens (tertiary/aromatic N) is 1. The number of ether oxygens (including phenoxy) is 1. The monoisotopic (exact) mass is 258 g/mol. The minimum absolute atomic E-state index is 0.581. The molecule has 1 aromatic carbocycles. The second-order valence-corrected chi connectivity index (χ2v) is 5.00. The number of rotatable bonds is 5. The molecule has 0 bridgehead atoms. The Labute approximate surface area is 112 Å². The highest BCUT2D eigenvalue weighted by Gasteiger charge is 2.29. The molecule has 0 unspecified atom stereocenters. The normalized spacial score (nSPS) is 21.9. The van der Waals surface area contributed by atoms with Gasteiger partial charge in [0.05, 0.1) is 19.9 Å². The molecular weight excluding hydrogens is 240 g/mol. The van der Waals surface area contributed by atoms with Gasteiger partial charge in [-0.15, -0.1) is 0 Å². The van der Waals surface area contributed by atoms with Crippen molar-refractivity contribution in [3.63, 3.8) is 0 Å². The summed E-state index contributed by atoms with van der Waals surface area (Å²) in [6.45, 7) is 0.764. The summed E-state index contributed by atoms with van der Waals surface area (Å²) in [5, 5.41) is 7.18. The van der Waals surface area contributed by atoms with Gasteiger partial charge in [0, 0.05) is 12.1 Å². The lowest BCUT2D eigenvalue weighted by Crippen LogP contribution is -2.39. The van der Waals surface area contributed by atoms with Crippen molar-refractivity contribution in [1.29, 1.82) is 0 Å². The van der Waals surface area contributed by atoms with Gasteiger partial charge in [-0.1, -0.05) is 17.3 Å². The molecule has 0 spiro atoms. The van der Waals surface area contributed by atoms with E-state index in [0.717, 1.165) is 18.1 Å². The van der Waals surface area contributed by atoms with E-state index in [9.17, 15) is 0 Å². The van der Waals surface area contributed by atoms with Crippen LogP contribution < -0.4 is 10.1 Å². The first-order valence-electron chi connectivity index (χ1n) is 6.62. The van der Waals surface area contributed by atoms with E-state index in [4.69, 9.17) is 9.26 Å². The zero-order valence-corrected chi connectivity index (χ0v) is 11.0. The maximum atomic E-state index is 5.17. The summed E-state index contributed by atoms with van der Waals surface area (Å²) in [5.74, 6) is 2.48. The van der Waals surface area contributed by atoms with Gasteiger partial charge in [0.25, 0.3) is 0 Å². The fourth-order valence-electron chi connectivity index (χ4n) is 2.51. The van der Waals surface area contributed by atoms with Crippen LogP contribution in [0, 0.1) is 0 Å². The molecule has 0 aliphatic heterocycles. The van der Waals surface area contributed by atoms with E-state index in [1.807, 2.05) is 18.2 Å². The Morgan fingerprint density at radius 1 is 1.26 bits per heavy atom. The summed E-state index contributed by atoms with van der Waals surface area (Å²) < 4.78 is 10.2. The van der Waals surface area contributed by atoms with Crippen LogP contribution in [0.3, 0.4) is 0 Å². The lowest BCUT2D eigenvalue weighted by Gasteiger charge is -2.36. The van der Waals surface area contributed by atoms with Crippen molar-refractivity contribution in [3.8, 4) is 5.75 Å². The van der Waals surface area contributed by atoms with Crippen molar-refractivity contribution >= 4 is 0 Å². The van der Waals surface area contributed by atoms with Gasteiger partial charge in [-0.25, -0.2) is 0 Å². The molecule has 2 aromatic rings. The lowest BCUT2D eigenvalue weighted by atomic mass is 9.76. The van der Waals surface area contributed by atoms with Crippen LogP contribution >= 0.6 is 0 Å². The molecule has 19 heavy (non-hydrogen) atoms. The molecule has 1 aliphatic rings. The van der Waals surface area contributed by atoms with E-state index in [0.29, 0.717) is 12.0 Å². The number of benzene rings is 1. The van der Waals surface area contributed by atoms with Gasteiger partial charge in [0.2, 0.25) is 0 Å². The van der Waals surface area contributed by atoms with Gasteiger partial charge in [-0.2, -0.15) is 0 Å². The Hall–Kier alpha value is -1.81. The van der Waals surface area contributed by atoms with Crippen molar-refractivity contribution in [3.05, 3.63) is 47.9 Å². The summed E-state index contributed by atoms with van der Waals surface area (Å²) >= 11 is 0. The Morgan fingerprint density at radius 2 is 2.05 bits per heavy atom. The van der Waals surface area contributed by atoms with E-state index in [2.05, 4.69) is 22.6 Å². The number of methoxy groups -OCH3 is 1. The van der Waals surface area contributed by atoms with Crippen molar-refractivity contribution < 1.29 is 9.26 Å². The minimum atomic E-state index is 0.581. The molecule has 1 fully saturated rings. The zero-order valence-electron chi connectivity index (χ0n) is 11.0. The topological polar surface area (TPSA) is 47.3 Å². The summed E-state index contributed by atoms with van der Waals surface area (Å²) in [6.07, 6.45) is 4.04. The molecule has 4 heteroatoms. The molecular formula is C15H18N2O2. The van der Waals surface area contributed by atoms with Crippen LogP contribution in [0.2, 0.25) is 0 Å². The van der Waals surface area contributed by atoms with Crippen LogP contribution in [0.1, 0.15) is 30.1 Å². The van der Waals surface area contributed by atoms with Crippen molar-refractivity contribution in [1.82, 2.24) is 10.5 Å². The fourth-order valence-corrected chi connectivity index (χ4v) is 2.51. The summed E-state index contributed by atoms with van der Waals surface area (Å²) in [7, 11) is 1.70. The average molecular weight is 258 g/mol. The van der Waals surface area contributed by atoms with Gasteiger partial charge in [0.1, 0.15) is 11.5 Å². The SMILES string of the molecule is COc1ccc(C2CC(NCc3ccno3)C2)cc1. The standard InChI is InChI=1S/C15H18N2O2/c1-18-14-4-2-11(3-5-14)12-8-13(9-12)16-10-15-6-7-17-19-15/h2-7,12-13,16H,8-10H2,1H3. The van der Waals surface area contributed by atoms with Crippen molar-refractivity contribution in [2.45, 2.75) is 31.3 Å². The number of hydrogen-bond donors (Lipinski definition) is 1. The molecule has 0 atom stereocenters. The Morgan fingerprint density at radius 3 is 2.68 bits per heavy atom. The predicted molar refractivity (Wildman–Crippen MR) is 72.1 cm³/mol. The molecule has 1 saturated carbocycles. The van der Waals surface area contributed by atoms with Crippen LogP contribution in [0.4, 0.5) is 0 Å². The van der Waals surface area contributed by atoms with Gasteiger partial charge in [0.15, 0.2) is 0 Å². The maximum Gasteiger partial charge on any atom is 0.150 e. The molecule has 4 nitrogen and oxygen atoms in total. The third kappa shape index (κ3) is 2.79. The van der Waals surface area contributed by atoms with Gasteiger partial charge < -0.3 is 14.6 Å². The van der Waals surface area contributed by atoms with Gasteiger partial charge in [-0.3, -0.25) is 0 Å². The molecule has 3 rings (SSSR count). The van der Waals surface area contributed by atoms with Gasteiger partial charge in [-0.05, 0) is 36.5 Å². The highest BCUT2D eigenvalue weighted by molar-refractivity contribution is 5.30. The minimum Gasteiger partial charge on any atom is -0.497 e. The van der Waals surface area contributed by atoms with E-state index < -0.39 is 0 Å². The third-order valence-corrected chi connectivity index (χ3v) is 3.78. The highest BCUT2D eigenvalue weighted by Crippen LogP contribution is 2.37. The number of aromatic nitrogens is 1. The Bertz CT molecular complexity index is 501. The second kappa shape index (κ2) is 5.45. The van der Waals surface area contributed by atoms with E-state index in [-0.39, 0.29) is 0 Å². The number of nitrogens with one attached hydrogen (secondary N) is 1. The quantitative estimate of drug-likeness (QED) is 0.895. The van der Waals surface area contributed by atoms with Crippen LogP contribution in [-0.2, 0) is 6.54 Å². The number of hydrogen-bond acceptors (Lipinski definition) is 4. The third-order valence-electron chi connectivity index (χ3n) is 3.78. The van der Waals surface area contributed by atoms with Crippen LogP contribution in [0.25, 0.3) is 0 Å². The molecule has 1 heterocycles. The molecule has 0 amide bonds. The van der Waals surface area contributed by atoms with Crippen molar-refractivity contribution in [2.75, 3.05) is 7.11 Å². The summed E-state index contributed by atoms with van der Waals surface area (Å²) in [6, 6.07) is 10.9. The molecule has 1 aromatic heterocycles. The fraction of sp³-hybridized carbons (Fsp3) is 0.400. The summed E-state index contributed by atoms with van der Waals surface area (Å²) in [4.78, 5) is 0. The first kappa shape index (κ1) is 12.2. The van der Waals surface area contributed by atoms with E-state index in [1.165, 1.54) is 18.4 Å². The molecule has 1 N–H and O–H groups in total. The van der Waals surface area contributed by atoms with E-state index in [1.54, 1.807) is 13.3 Å². The second-order valence-electron chi connectivity index (χ2n) is 5.00. The van der Waals surface area contributed by atoms with Crippen LogP contribution in [0.5, 0.6) is 5.75 Å². The lowest BCUT2D eigenvalue weighted by molar-refractivity contribution is 0.274. The van der Waals surface area contributed by atoms with Crippen molar-refractivity contribution in [2.24, 2.45) is 0 Å². The first-order valence-corrected chi connectivity index (χ1v) is 6.62.